The van der Waals surface area contributed by atoms with Gasteiger partial charge in [-0.15, -0.1) is 0 Å². The van der Waals surface area contributed by atoms with Crippen molar-refractivity contribution in [3.8, 4) is 0 Å². The molecule has 2 aromatic carbocycles. The van der Waals surface area contributed by atoms with Crippen LogP contribution in [0.15, 0.2) is 54.6 Å². The molecule has 6 heteroatoms. The summed E-state index contributed by atoms with van der Waals surface area (Å²) >= 11 is 0. The fraction of sp³-hybridized carbons (Fsp3) is 0.391. The first-order valence-corrected chi connectivity index (χ1v) is 10.2. The number of nitrogens with zero attached hydrogens (tertiary/aromatic N) is 2. The zero-order chi connectivity index (χ0) is 20.6. The Morgan fingerprint density at radius 2 is 1.38 bits per heavy atom. The van der Waals surface area contributed by atoms with E-state index in [1.807, 2.05) is 32.0 Å². The zero-order valence-corrected chi connectivity index (χ0v) is 17.2. The number of benzene rings is 2. The van der Waals surface area contributed by atoms with Crippen molar-refractivity contribution in [2.45, 2.75) is 20.4 Å². The van der Waals surface area contributed by atoms with Gasteiger partial charge in [0.05, 0.1) is 6.54 Å². The smallest absolute Gasteiger partial charge is 0.238 e. The highest BCUT2D eigenvalue weighted by molar-refractivity contribution is 5.94. The normalized spacial score (nSPS) is 15.3. The summed E-state index contributed by atoms with van der Waals surface area (Å²) < 4.78 is 0. The predicted molar refractivity (Wildman–Crippen MR) is 117 cm³/mol. The lowest BCUT2D eigenvalue weighted by Gasteiger charge is -2.34. The fourth-order valence-electron chi connectivity index (χ4n) is 3.27. The molecule has 1 heterocycles. The number of piperazine rings is 1. The average Bonchev–Trinajstić information content (AvgIpc) is 2.71. The lowest BCUT2D eigenvalue weighted by molar-refractivity contribution is -0.119. The van der Waals surface area contributed by atoms with Crippen LogP contribution >= 0.6 is 0 Å². The Kier molecular flexibility index (Phi) is 7.38. The van der Waals surface area contributed by atoms with Gasteiger partial charge in [0.1, 0.15) is 0 Å². The number of hydrogen-bond donors (Lipinski definition) is 2. The van der Waals surface area contributed by atoms with Crippen molar-refractivity contribution in [1.29, 1.82) is 0 Å². The molecule has 0 radical (unpaired) electrons. The quantitative estimate of drug-likeness (QED) is 0.758. The van der Waals surface area contributed by atoms with E-state index >= 15 is 0 Å². The lowest BCUT2D eigenvalue weighted by Crippen LogP contribution is -2.48. The Morgan fingerprint density at radius 3 is 1.97 bits per heavy atom. The van der Waals surface area contributed by atoms with E-state index in [1.54, 1.807) is 12.1 Å². The maximum Gasteiger partial charge on any atom is 0.238 e. The monoisotopic (exact) mass is 394 g/mol. The molecule has 6 nitrogen and oxygen atoms in total. The van der Waals surface area contributed by atoms with E-state index in [-0.39, 0.29) is 17.7 Å². The highest BCUT2D eigenvalue weighted by Crippen LogP contribution is 2.15. The number of carbonyl (C=O) groups excluding carboxylic acids is 2. The molecule has 0 atom stereocenters. The standard InChI is InChI=1S/C23H30N4O2/c1-18(2)23(29)25-21-10-8-20(9-11-21)24-22(28)17-27-14-12-26(13-15-27)16-19-6-4-3-5-7-19/h3-11,18H,12-17H2,1-2H3,(H,24,28)(H,25,29). The number of anilines is 2. The molecule has 1 saturated heterocycles. The maximum absolute atomic E-state index is 12.4. The molecule has 2 amide bonds. The second-order valence-electron chi connectivity index (χ2n) is 7.81. The van der Waals surface area contributed by atoms with E-state index in [2.05, 4.69) is 44.7 Å². The Balaban J connectivity index is 1.40. The van der Waals surface area contributed by atoms with Crippen LogP contribution in [0.5, 0.6) is 0 Å². The minimum atomic E-state index is -0.0671. The van der Waals surface area contributed by atoms with Gasteiger partial charge < -0.3 is 10.6 Å². The second kappa shape index (κ2) is 10.2. The van der Waals surface area contributed by atoms with Crippen molar-refractivity contribution in [3.05, 3.63) is 60.2 Å². The van der Waals surface area contributed by atoms with E-state index in [1.165, 1.54) is 5.56 Å². The van der Waals surface area contributed by atoms with Crippen LogP contribution in [0.2, 0.25) is 0 Å². The van der Waals surface area contributed by atoms with Crippen LogP contribution in [0.25, 0.3) is 0 Å². The summed E-state index contributed by atoms with van der Waals surface area (Å²) in [6, 6.07) is 17.7. The van der Waals surface area contributed by atoms with Crippen LogP contribution in [0, 0.1) is 5.92 Å². The van der Waals surface area contributed by atoms with E-state index in [0.717, 1.165) is 44.1 Å². The molecular weight excluding hydrogens is 364 g/mol. The van der Waals surface area contributed by atoms with Crippen LogP contribution in [0.4, 0.5) is 11.4 Å². The minimum absolute atomic E-state index is 0.0134. The molecule has 1 fully saturated rings. The first-order chi connectivity index (χ1) is 14.0. The lowest BCUT2D eigenvalue weighted by atomic mass is 10.2. The number of rotatable bonds is 7. The molecule has 1 aliphatic heterocycles. The van der Waals surface area contributed by atoms with Gasteiger partial charge in [0, 0.05) is 50.0 Å². The molecule has 2 aromatic rings. The van der Waals surface area contributed by atoms with Crippen LogP contribution < -0.4 is 10.6 Å². The van der Waals surface area contributed by atoms with Gasteiger partial charge >= 0.3 is 0 Å². The van der Waals surface area contributed by atoms with Gasteiger partial charge in [0.15, 0.2) is 0 Å². The maximum atomic E-state index is 12.4. The van der Waals surface area contributed by atoms with E-state index in [0.29, 0.717) is 6.54 Å². The van der Waals surface area contributed by atoms with Gasteiger partial charge in [-0.05, 0) is 29.8 Å². The van der Waals surface area contributed by atoms with Gasteiger partial charge in [-0.3, -0.25) is 19.4 Å². The van der Waals surface area contributed by atoms with Gasteiger partial charge in [0.25, 0.3) is 0 Å². The Labute approximate surface area is 172 Å². The van der Waals surface area contributed by atoms with E-state index < -0.39 is 0 Å². The molecule has 0 bridgehead atoms. The molecule has 0 saturated carbocycles. The molecule has 1 aliphatic rings. The topological polar surface area (TPSA) is 64.7 Å². The second-order valence-corrected chi connectivity index (χ2v) is 7.81. The van der Waals surface area contributed by atoms with E-state index in [9.17, 15) is 9.59 Å². The molecule has 154 valence electrons. The van der Waals surface area contributed by atoms with Crippen LogP contribution in [-0.2, 0) is 16.1 Å². The number of carbonyl (C=O) groups is 2. The number of nitrogens with one attached hydrogen (secondary N) is 2. The van der Waals surface area contributed by atoms with Crippen molar-refractivity contribution in [2.24, 2.45) is 5.92 Å². The summed E-state index contributed by atoms with van der Waals surface area (Å²) in [6.45, 7) is 8.77. The summed E-state index contributed by atoms with van der Waals surface area (Å²) in [4.78, 5) is 28.7. The van der Waals surface area contributed by atoms with Gasteiger partial charge in [-0.1, -0.05) is 44.2 Å². The Morgan fingerprint density at radius 1 is 0.828 bits per heavy atom. The molecule has 2 N–H and O–H groups in total. The highest BCUT2D eigenvalue weighted by Gasteiger charge is 2.19. The molecule has 29 heavy (non-hydrogen) atoms. The highest BCUT2D eigenvalue weighted by atomic mass is 16.2. The van der Waals surface area contributed by atoms with Crippen molar-refractivity contribution in [2.75, 3.05) is 43.4 Å². The zero-order valence-electron chi connectivity index (χ0n) is 17.2. The van der Waals surface area contributed by atoms with Crippen LogP contribution in [0.3, 0.4) is 0 Å². The Bertz CT molecular complexity index is 797. The third-order valence-corrected chi connectivity index (χ3v) is 5.04. The third-order valence-electron chi connectivity index (χ3n) is 5.04. The van der Waals surface area contributed by atoms with Crippen LogP contribution in [0.1, 0.15) is 19.4 Å². The summed E-state index contributed by atoms with van der Waals surface area (Å²) in [5.74, 6) is -0.101. The van der Waals surface area contributed by atoms with Crippen molar-refractivity contribution in [3.63, 3.8) is 0 Å². The predicted octanol–water partition coefficient (Wildman–Crippen LogP) is 3.04. The average molecular weight is 395 g/mol. The Hall–Kier alpha value is -2.70. The van der Waals surface area contributed by atoms with E-state index in [4.69, 9.17) is 0 Å². The summed E-state index contributed by atoms with van der Waals surface area (Å²) in [5, 5.41) is 5.78. The fourth-order valence-corrected chi connectivity index (χ4v) is 3.27. The summed E-state index contributed by atoms with van der Waals surface area (Å²) in [7, 11) is 0. The van der Waals surface area contributed by atoms with Crippen LogP contribution in [-0.4, -0.2) is 54.3 Å². The van der Waals surface area contributed by atoms with Gasteiger partial charge in [-0.2, -0.15) is 0 Å². The third kappa shape index (κ3) is 6.69. The minimum Gasteiger partial charge on any atom is -0.326 e. The number of hydrogen-bond acceptors (Lipinski definition) is 4. The molecule has 0 unspecified atom stereocenters. The largest absolute Gasteiger partial charge is 0.326 e. The SMILES string of the molecule is CC(C)C(=O)Nc1ccc(NC(=O)CN2CCN(Cc3ccccc3)CC2)cc1. The van der Waals surface area contributed by atoms with Crippen molar-refractivity contribution >= 4 is 23.2 Å². The molecule has 3 rings (SSSR count). The van der Waals surface area contributed by atoms with Gasteiger partial charge in [-0.25, -0.2) is 0 Å². The summed E-state index contributed by atoms with van der Waals surface area (Å²) in [5.41, 5.74) is 2.79. The van der Waals surface area contributed by atoms with Crippen molar-refractivity contribution in [1.82, 2.24) is 9.80 Å². The molecule has 0 spiro atoms. The summed E-state index contributed by atoms with van der Waals surface area (Å²) in [6.07, 6.45) is 0. The first kappa shape index (κ1) is 21.0. The molecular formula is C23H30N4O2. The molecule has 0 aliphatic carbocycles. The first-order valence-electron chi connectivity index (χ1n) is 10.2. The number of amides is 2. The van der Waals surface area contributed by atoms with Crippen molar-refractivity contribution < 1.29 is 9.59 Å². The molecule has 0 aromatic heterocycles. The van der Waals surface area contributed by atoms with Gasteiger partial charge in [0.2, 0.25) is 11.8 Å².